The lowest BCUT2D eigenvalue weighted by molar-refractivity contribution is -0.105. The van der Waals surface area contributed by atoms with Gasteiger partial charge in [-0.05, 0) is 19.4 Å². The molecule has 0 aromatic rings. The van der Waals surface area contributed by atoms with Crippen LogP contribution in [0.5, 0.6) is 0 Å². The zero-order valence-corrected chi connectivity index (χ0v) is 5.96. The summed E-state index contributed by atoms with van der Waals surface area (Å²) >= 11 is 0. The van der Waals surface area contributed by atoms with Crippen molar-refractivity contribution in [2.45, 2.75) is 13.3 Å². The number of ether oxygens (including phenoxy) is 1. The van der Waals surface area contributed by atoms with E-state index in [-0.39, 0.29) is 0 Å². The van der Waals surface area contributed by atoms with E-state index < -0.39 is 0 Å². The first-order valence-electron chi connectivity index (χ1n) is 3.24. The topological polar surface area (TPSA) is 26.3 Å². The zero-order valence-electron chi connectivity index (χ0n) is 5.96. The third kappa shape index (κ3) is 1.72. The van der Waals surface area contributed by atoms with Crippen molar-refractivity contribution in [2.24, 2.45) is 0 Å². The van der Waals surface area contributed by atoms with E-state index in [4.69, 9.17) is 4.74 Å². The molecular weight excluding hydrogens is 128 g/mol. The summed E-state index contributed by atoms with van der Waals surface area (Å²) in [6, 6.07) is 0. The van der Waals surface area contributed by atoms with Gasteiger partial charge in [0.1, 0.15) is 12.9 Å². The van der Waals surface area contributed by atoms with Gasteiger partial charge in [-0.25, -0.2) is 0 Å². The number of hydrogen-bond acceptors (Lipinski definition) is 2. The van der Waals surface area contributed by atoms with E-state index in [9.17, 15) is 4.79 Å². The lowest BCUT2D eigenvalue weighted by Crippen LogP contribution is -1.84. The zero-order chi connectivity index (χ0) is 7.40. The Morgan fingerprint density at radius 2 is 2.50 bits per heavy atom. The first kappa shape index (κ1) is 7.06. The van der Waals surface area contributed by atoms with Crippen molar-refractivity contribution in [3.8, 4) is 0 Å². The summed E-state index contributed by atoms with van der Waals surface area (Å²) in [5.41, 5.74) is 1.90. The molecule has 0 bridgehead atoms. The molecule has 1 heterocycles. The van der Waals surface area contributed by atoms with Gasteiger partial charge in [-0.1, -0.05) is 5.57 Å². The molecule has 2 nitrogen and oxygen atoms in total. The van der Waals surface area contributed by atoms with Crippen LogP contribution in [0.1, 0.15) is 13.3 Å². The largest absolute Gasteiger partial charge is 0.497 e. The molecule has 0 N–H and O–H groups in total. The maximum atomic E-state index is 10.3. The fraction of sp³-hybridized carbons (Fsp3) is 0.375. The van der Waals surface area contributed by atoms with E-state index in [1.54, 1.807) is 0 Å². The maximum Gasteiger partial charge on any atom is 0.149 e. The average molecular weight is 138 g/mol. The summed E-state index contributed by atoms with van der Waals surface area (Å²) in [6.45, 7) is 2.58. The van der Waals surface area contributed by atoms with Gasteiger partial charge in [0, 0.05) is 5.57 Å². The summed E-state index contributed by atoms with van der Waals surface area (Å²) in [4.78, 5) is 10.3. The lowest BCUT2D eigenvalue weighted by Gasteiger charge is -1.93. The van der Waals surface area contributed by atoms with Gasteiger partial charge in [-0.3, -0.25) is 4.79 Å². The summed E-state index contributed by atoms with van der Waals surface area (Å²) in [6.07, 6.45) is 5.07. The fourth-order valence-electron chi connectivity index (χ4n) is 0.851. The third-order valence-corrected chi connectivity index (χ3v) is 1.40. The fourth-order valence-corrected chi connectivity index (χ4v) is 0.851. The molecule has 0 unspecified atom stereocenters. The van der Waals surface area contributed by atoms with Gasteiger partial charge in [0.25, 0.3) is 0 Å². The van der Waals surface area contributed by atoms with E-state index in [1.807, 2.05) is 13.0 Å². The summed E-state index contributed by atoms with van der Waals surface area (Å²) in [7, 11) is 0. The van der Waals surface area contributed by atoms with Gasteiger partial charge in [0.15, 0.2) is 0 Å². The van der Waals surface area contributed by atoms with Gasteiger partial charge in [0.2, 0.25) is 0 Å². The number of allylic oxidation sites excluding steroid dienone is 2. The minimum atomic E-state index is 0.586. The quantitative estimate of drug-likeness (QED) is 0.405. The van der Waals surface area contributed by atoms with E-state index in [1.165, 1.54) is 11.8 Å². The van der Waals surface area contributed by atoms with Gasteiger partial charge in [-0.2, -0.15) is 0 Å². The molecule has 0 radical (unpaired) electrons. The third-order valence-electron chi connectivity index (χ3n) is 1.40. The average Bonchev–Trinajstić information content (AvgIpc) is 2.13. The molecule has 0 aromatic heterocycles. The van der Waals surface area contributed by atoms with E-state index >= 15 is 0 Å². The Balaban J connectivity index is 2.68. The highest BCUT2D eigenvalue weighted by molar-refractivity contribution is 5.73. The van der Waals surface area contributed by atoms with Crippen molar-refractivity contribution in [2.75, 3.05) is 6.61 Å². The summed E-state index contributed by atoms with van der Waals surface area (Å²) in [5.74, 6) is 0. The van der Waals surface area contributed by atoms with Crippen LogP contribution in [0.25, 0.3) is 0 Å². The molecule has 1 rings (SSSR count). The Hall–Kier alpha value is -1.05. The molecule has 0 aromatic carbocycles. The molecule has 54 valence electrons. The standard InChI is InChI=1S/C8H10O2/c1-7-2-3-10-6-8(4-7)5-9/h2,5-6H,3-4H2,1H3. The SMILES string of the molecule is CC1=CCOC=C(C=O)C1. The molecule has 1 aliphatic heterocycles. The predicted molar refractivity (Wildman–Crippen MR) is 38.5 cm³/mol. The van der Waals surface area contributed by atoms with Gasteiger partial charge < -0.3 is 4.74 Å². The van der Waals surface area contributed by atoms with E-state index in [0.717, 1.165) is 12.7 Å². The molecule has 0 atom stereocenters. The van der Waals surface area contributed by atoms with E-state index in [0.29, 0.717) is 12.2 Å². The van der Waals surface area contributed by atoms with Crippen LogP contribution in [0, 0.1) is 0 Å². The molecule has 0 saturated heterocycles. The monoisotopic (exact) mass is 138 g/mol. The summed E-state index contributed by atoms with van der Waals surface area (Å²) in [5, 5.41) is 0. The van der Waals surface area contributed by atoms with Crippen molar-refractivity contribution in [3.63, 3.8) is 0 Å². The highest BCUT2D eigenvalue weighted by Gasteiger charge is 2.00. The van der Waals surface area contributed by atoms with Crippen LogP contribution < -0.4 is 0 Å². The summed E-state index contributed by atoms with van der Waals surface area (Å²) < 4.78 is 5.00. The Morgan fingerprint density at radius 1 is 1.70 bits per heavy atom. The number of hydrogen-bond donors (Lipinski definition) is 0. The minimum Gasteiger partial charge on any atom is -0.497 e. The van der Waals surface area contributed by atoms with Crippen molar-refractivity contribution in [1.29, 1.82) is 0 Å². The van der Waals surface area contributed by atoms with Gasteiger partial charge in [-0.15, -0.1) is 0 Å². The van der Waals surface area contributed by atoms with Gasteiger partial charge >= 0.3 is 0 Å². The van der Waals surface area contributed by atoms with Crippen LogP contribution >= 0.6 is 0 Å². The molecule has 1 aliphatic rings. The van der Waals surface area contributed by atoms with Crippen LogP contribution in [-0.2, 0) is 9.53 Å². The van der Waals surface area contributed by atoms with Crippen LogP contribution in [0.2, 0.25) is 0 Å². The molecule has 0 amide bonds. The minimum absolute atomic E-state index is 0.586. The molecule has 2 heteroatoms. The second-order valence-corrected chi connectivity index (χ2v) is 2.37. The van der Waals surface area contributed by atoms with Gasteiger partial charge in [0.05, 0.1) is 6.26 Å². The number of aldehydes is 1. The van der Waals surface area contributed by atoms with Crippen molar-refractivity contribution >= 4 is 6.29 Å². The highest BCUT2D eigenvalue weighted by atomic mass is 16.5. The molecule has 0 fully saturated rings. The molecule has 10 heavy (non-hydrogen) atoms. The molecule has 0 aliphatic carbocycles. The Morgan fingerprint density at radius 3 is 3.20 bits per heavy atom. The normalized spacial score (nSPS) is 18.1. The highest BCUT2D eigenvalue weighted by Crippen LogP contribution is 2.11. The maximum absolute atomic E-state index is 10.3. The van der Waals surface area contributed by atoms with Crippen LogP contribution in [0.15, 0.2) is 23.5 Å². The van der Waals surface area contributed by atoms with Crippen LogP contribution in [0.4, 0.5) is 0 Å². The molecule has 0 spiro atoms. The predicted octanol–water partition coefficient (Wildman–Crippen LogP) is 1.44. The number of carbonyl (C=O) groups is 1. The van der Waals surface area contributed by atoms with Crippen molar-refractivity contribution < 1.29 is 9.53 Å². The first-order valence-corrected chi connectivity index (χ1v) is 3.24. The van der Waals surface area contributed by atoms with E-state index in [2.05, 4.69) is 0 Å². The number of carbonyl (C=O) groups excluding carboxylic acids is 1. The Labute approximate surface area is 60.2 Å². The van der Waals surface area contributed by atoms with Crippen molar-refractivity contribution in [3.05, 3.63) is 23.5 Å². The lowest BCUT2D eigenvalue weighted by atomic mass is 10.1. The van der Waals surface area contributed by atoms with Crippen LogP contribution in [0.3, 0.4) is 0 Å². The number of rotatable bonds is 1. The van der Waals surface area contributed by atoms with Crippen molar-refractivity contribution in [1.82, 2.24) is 0 Å². The second-order valence-electron chi connectivity index (χ2n) is 2.37. The Kier molecular flexibility index (Phi) is 2.26. The van der Waals surface area contributed by atoms with Crippen LogP contribution in [-0.4, -0.2) is 12.9 Å². The molecular formula is C8H10O2. The first-order chi connectivity index (χ1) is 4.83. The molecule has 0 saturated carbocycles. The smallest absolute Gasteiger partial charge is 0.149 e. The second kappa shape index (κ2) is 3.20. The Bertz CT molecular complexity index is 189.